The fourth-order valence-electron chi connectivity index (χ4n) is 1.49. The monoisotopic (exact) mass is 372 g/mol. The normalized spacial score (nSPS) is 10.2. The number of methoxy groups -OCH3 is 2. The van der Waals surface area contributed by atoms with Crippen molar-refractivity contribution in [1.29, 1.82) is 0 Å². The van der Waals surface area contributed by atoms with E-state index in [1.807, 2.05) is 18.2 Å². The van der Waals surface area contributed by atoms with Gasteiger partial charge in [0.1, 0.15) is 11.5 Å². The lowest BCUT2D eigenvalue weighted by Crippen LogP contribution is -1.89. The lowest BCUT2D eigenvalue weighted by atomic mass is 10.3. The molecule has 0 heterocycles. The molecule has 2 aromatic rings. The molecule has 0 aromatic heterocycles. The van der Waals surface area contributed by atoms with Crippen molar-refractivity contribution in [1.82, 2.24) is 0 Å². The Bertz CT molecular complexity index is 526. The summed E-state index contributed by atoms with van der Waals surface area (Å²) in [6.45, 7) is 0. The molecule has 0 aliphatic carbocycles. The Morgan fingerprint density at radius 1 is 0.944 bits per heavy atom. The quantitative estimate of drug-likeness (QED) is 0.739. The van der Waals surface area contributed by atoms with Gasteiger partial charge in [0.15, 0.2) is 0 Å². The highest BCUT2D eigenvalue weighted by Gasteiger charge is 2.06. The van der Waals surface area contributed by atoms with E-state index in [4.69, 9.17) is 9.47 Å². The van der Waals surface area contributed by atoms with Crippen molar-refractivity contribution in [3.8, 4) is 11.5 Å². The molecule has 0 aliphatic rings. The van der Waals surface area contributed by atoms with Crippen molar-refractivity contribution >= 4 is 34.4 Å². The maximum Gasteiger partial charge on any atom is 0.136 e. The highest BCUT2D eigenvalue weighted by atomic mass is 127. The first-order valence-electron chi connectivity index (χ1n) is 5.38. The number of rotatable bonds is 4. The van der Waals surface area contributed by atoms with Crippen LogP contribution < -0.4 is 9.47 Å². The standard InChI is InChI=1S/C14H13IO2S/c1-16-11-5-8-14(13(9-11)17-2)18-12-6-3-10(15)4-7-12/h3-9H,1-2H3. The summed E-state index contributed by atoms with van der Waals surface area (Å²) in [5.41, 5.74) is 0. The molecule has 4 heteroatoms. The zero-order valence-electron chi connectivity index (χ0n) is 10.1. The van der Waals surface area contributed by atoms with Gasteiger partial charge in [-0.15, -0.1) is 0 Å². The fourth-order valence-corrected chi connectivity index (χ4v) is 2.75. The minimum atomic E-state index is 0.804. The van der Waals surface area contributed by atoms with Gasteiger partial charge in [0.2, 0.25) is 0 Å². The Labute approximate surface area is 125 Å². The van der Waals surface area contributed by atoms with Crippen LogP contribution in [0.15, 0.2) is 52.3 Å². The van der Waals surface area contributed by atoms with E-state index in [9.17, 15) is 0 Å². The summed E-state index contributed by atoms with van der Waals surface area (Å²) in [6.07, 6.45) is 0. The smallest absolute Gasteiger partial charge is 0.136 e. The number of hydrogen-bond donors (Lipinski definition) is 0. The maximum absolute atomic E-state index is 5.38. The molecule has 0 bridgehead atoms. The van der Waals surface area contributed by atoms with Crippen LogP contribution in [0.1, 0.15) is 0 Å². The van der Waals surface area contributed by atoms with E-state index in [1.54, 1.807) is 26.0 Å². The maximum atomic E-state index is 5.38. The van der Waals surface area contributed by atoms with Crippen molar-refractivity contribution in [2.45, 2.75) is 9.79 Å². The van der Waals surface area contributed by atoms with Crippen molar-refractivity contribution in [3.63, 3.8) is 0 Å². The Kier molecular flexibility index (Phi) is 4.77. The summed E-state index contributed by atoms with van der Waals surface area (Å²) in [4.78, 5) is 2.28. The van der Waals surface area contributed by atoms with Crippen LogP contribution >= 0.6 is 34.4 Å². The minimum Gasteiger partial charge on any atom is -0.497 e. The van der Waals surface area contributed by atoms with E-state index in [0.29, 0.717) is 0 Å². The lowest BCUT2D eigenvalue weighted by molar-refractivity contribution is 0.387. The van der Waals surface area contributed by atoms with Crippen molar-refractivity contribution < 1.29 is 9.47 Å². The topological polar surface area (TPSA) is 18.5 Å². The van der Waals surface area contributed by atoms with Gasteiger partial charge in [-0.3, -0.25) is 0 Å². The molecule has 0 N–H and O–H groups in total. The molecular weight excluding hydrogens is 359 g/mol. The van der Waals surface area contributed by atoms with E-state index in [-0.39, 0.29) is 0 Å². The molecule has 0 spiro atoms. The van der Waals surface area contributed by atoms with E-state index in [0.717, 1.165) is 16.4 Å². The molecule has 0 saturated heterocycles. The number of benzene rings is 2. The molecular formula is C14H13IO2S. The molecule has 2 aromatic carbocycles. The molecule has 0 aliphatic heterocycles. The van der Waals surface area contributed by atoms with Gasteiger partial charge < -0.3 is 9.47 Å². The second-order valence-electron chi connectivity index (χ2n) is 3.57. The van der Waals surface area contributed by atoms with Gasteiger partial charge in [-0.05, 0) is 59.0 Å². The number of hydrogen-bond acceptors (Lipinski definition) is 3. The van der Waals surface area contributed by atoms with Crippen molar-refractivity contribution in [2.24, 2.45) is 0 Å². The average molecular weight is 372 g/mol. The van der Waals surface area contributed by atoms with Crippen LogP contribution in [-0.2, 0) is 0 Å². The predicted octanol–water partition coefficient (Wildman–Crippen LogP) is 4.46. The molecule has 0 fully saturated rings. The molecule has 18 heavy (non-hydrogen) atoms. The van der Waals surface area contributed by atoms with Gasteiger partial charge in [-0.1, -0.05) is 11.8 Å². The van der Waals surface area contributed by atoms with Crippen LogP contribution in [0.5, 0.6) is 11.5 Å². The van der Waals surface area contributed by atoms with Crippen LogP contribution in [0.3, 0.4) is 0 Å². The Morgan fingerprint density at radius 3 is 2.28 bits per heavy atom. The summed E-state index contributed by atoms with van der Waals surface area (Å²) in [5.74, 6) is 1.64. The van der Waals surface area contributed by atoms with E-state index < -0.39 is 0 Å². The number of ether oxygens (including phenoxy) is 2. The van der Waals surface area contributed by atoms with Crippen LogP contribution in [0, 0.1) is 3.57 Å². The number of halogens is 1. The minimum absolute atomic E-state index is 0.804. The molecule has 2 nitrogen and oxygen atoms in total. The second-order valence-corrected chi connectivity index (χ2v) is 5.93. The highest BCUT2D eigenvalue weighted by molar-refractivity contribution is 14.1. The SMILES string of the molecule is COc1ccc(Sc2ccc(I)cc2)c(OC)c1. The Morgan fingerprint density at radius 2 is 1.67 bits per heavy atom. The Hall–Kier alpha value is -0.880. The lowest BCUT2D eigenvalue weighted by Gasteiger charge is -2.09. The highest BCUT2D eigenvalue weighted by Crippen LogP contribution is 2.37. The van der Waals surface area contributed by atoms with Crippen LogP contribution in [0.2, 0.25) is 0 Å². The first-order valence-corrected chi connectivity index (χ1v) is 7.28. The average Bonchev–Trinajstić information content (AvgIpc) is 2.41. The summed E-state index contributed by atoms with van der Waals surface area (Å²) < 4.78 is 11.8. The second kappa shape index (κ2) is 6.33. The molecule has 0 saturated carbocycles. The van der Waals surface area contributed by atoms with Crippen LogP contribution in [-0.4, -0.2) is 14.2 Å². The van der Waals surface area contributed by atoms with Gasteiger partial charge in [-0.2, -0.15) is 0 Å². The summed E-state index contributed by atoms with van der Waals surface area (Å²) >= 11 is 3.98. The molecule has 2 rings (SSSR count). The largest absolute Gasteiger partial charge is 0.497 e. The molecule has 0 atom stereocenters. The zero-order chi connectivity index (χ0) is 13.0. The first-order chi connectivity index (χ1) is 8.72. The summed E-state index contributed by atoms with van der Waals surface area (Å²) in [6, 6.07) is 14.3. The van der Waals surface area contributed by atoms with Gasteiger partial charge >= 0.3 is 0 Å². The fraction of sp³-hybridized carbons (Fsp3) is 0.143. The van der Waals surface area contributed by atoms with Crippen molar-refractivity contribution in [2.75, 3.05) is 14.2 Å². The van der Waals surface area contributed by atoms with E-state index >= 15 is 0 Å². The zero-order valence-corrected chi connectivity index (χ0v) is 13.1. The van der Waals surface area contributed by atoms with Gasteiger partial charge in [0, 0.05) is 14.5 Å². The molecule has 94 valence electrons. The van der Waals surface area contributed by atoms with E-state index in [2.05, 4.69) is 46.9 Å². The van der Waals surface area contributed by atoms with Gasteiger partial charge in [0.25, 0.3) is 0 Å². The van der Waals surface area contributed by atoms with Crippen molar-refractivity contribution in [3.05, 3.63) is 46.0 Å². The van der Waals surface area contributed by atoms with Crippen LogP contribution in [0.25, 0.3) is 0 Å². The van der Waals surface area contributed by atoms with Crippen LogP contribution in [0.4, 0.5) is 0 Å². The molecule has 0 amide bonds. The van der Waals surface area contributed by atoms with Gasteiger partial charge in [0.05, 0.1) is 19.1 Å². The predicted molar refractivity (Wildman–Crippen MR) is 82.8 cm³/mol. The van der Waals surface area contributed by atoms with Gasteiger partial charge in [-0.25, -0.2) is 0 Å². The first kappa shape index (κ1) is 13.5. The third-order valence-electron chi connectivity index (χ3n) is 2.41. The molecule has 0 radical (unpaired) electrons. The third kappa shape index (κ3) is 3.32. The molecule has 0 unspecified atom stereocenters. The third-order valence-corrected chi connectivity index (χ3v) is 4.20. The van der Waals surface area contributed by atoms with E-state index in [1.165, 1.54) is 8.47 Å². The summed E-state index contributed by atoms with van der Waals surface area (Å²) in [7, 11) is 3.33. The Balaban J connectivity index is 2.25. The summed E-state index contributed by atoms with van der Waals surface area (Å²) in [5, 5.41) is 0.